The molecular formula is C15H24N2OSi. The average Bonchev–Trinajstić information content (AvgIpc) is 2.68. The molecule has 0 saturated heterocycles. The average molecular weight is 276 g/mol. The predicted octanol–water partition coefficient (Wildman–Crippen LogP) is 4.21. The number of aromatic nitrogens is 2. The van der Waals surface area contributed by atoms with Crippen LogP contribution >= 0.6 is 0 Å². The van der Waals surface area contributed by atoms with Gasteiger partial charge in [0.2, 0.25) is 0 Å². The number of nitrogens with one attached hydrogen (secondary N) is 1. The number of H-pyrrole nitrogens is 1. The summed E-state index contributed by atoms with van der Waals surface area (Å²) in [4.78, 5) is 0. The Hall–Kier alpha value is -1.13. The molecule has 3 nitrogen and oxygen atoms in total. The monoisotopic (exact) mass is 276 g/mol. The first-order chi connectivity index (χ1) is 8.74. The minimum Gasteiger partial charge on any atom is -0.409 e. The molecular weight excluding hydrogens is 252 g/mol. The Morgan fingerprint density at radius 3 is 2.53 bits per heavy atom. The van der Waals surface area contributed by atoms with Crippen molar-refractivity contribution < 1.29 is 4.43 Å². The van der Waals surface area contributed by atoms with Gasteiger partial charge in [-0.15, -0.1) is 0 Å². The topological polar surface area (TPSA) is 37.9 Å². The van der Waals surface area contributed by atoms with Crippen LogP contribution in [0.25, 0.3) is 10.9 Å². The number of rotatable bonds is 4. The fraction of sp³-hybridized carbons (Fsp3) is 0.533. The first-order valence-electron chi connectivity index (χ1n) is 6.91. The van der Waals surface area contributed by atoms with Crippen molar-refractivity contribution in [2.75, 3.05) is 0 Å². The normalized spacial score (nSPS) is 13.2. The fourth-order valence-corrected chi connectivity index (χ4v) is 4.31. The lowest BCUT2D eigenvalue weighted by atomic mass is 9.95. The summed E-state index contributed by atoms with van der Waals surface area (Å²) in [6.45, 7) is 13.1. The summed E-state index contributed by atoms with van der Waals surface area (Å²) in [5, 5.41) is 8.86. The van der Waals surface area contributed by atoms with Gasteiger partial charge in [-0.3, -0.25) is 5.10 Å². The van der Waals surface area contributed by atoms with E-state index in [1.165, 1.54) is 16.6 Å². The molecule has 0 fully saturated rings. The van der Waals surface area contributed by atoms with Crippen LogP contribution in [-0.2, 0) is 16.4 Å². The maximum atomic E-state index is 6.35. The van der Waals surface area contributed by atoms with E-state index in [1.807, 2.05) is 0 Å². The van der Waals surface area contributed by atoms with Crippen LogP contribution in [0.2, 0.25) is 19.6 Å². The van der Waals surface area contributed by atoms with E-state index in [9.17, 15) is 0 Å². The molecule has 1 heterocycles. The third kappa shape index (κ3) is 2.90. The maximum absolute atomic E-state index is 6.35. The van der Waals surface area contributed by atoms with Crippen molar-refractivity contribution in [3.05, 3.63) is 29.5 Å². The Labute approximate surface area is 116 Å². The van der Waals surface area contributed by atoms with Gasteiger partial charge in [0.05, 0.1) is 11.1 Å². The minimum absolute atomic E-state index is 0.301. The minimum atomic E-state index is -1.60. The molecule has 0 radical (unpaired) electrons. The van der Waals surface area contributed by atoms with E-state index >= 15 is 0 Å². The number of hydrogen-bond acceptors (Lipinski definition) is 2. The Kier molecular flexibility index (Phi) is 3.58. The van der Waals surface area contributed by atoms with Gasteiger partial charge in [0, 0.05) is 16.6 Å². The molecule has 1 aromatic carbocycles. The number of para-hydroxylation sites is 1. The van der Waals surface area contributed by atoms with Gasteiger partial charge in [0.25, 0.3) is 0 Å². The van der Waals surface area contributed by atoms with Gasteiger partial charge >= 0.3 is 0 Å². The van der Waals surface area contributed by atoms with Crippen LogP contribution < -0.4 is 0 Å². The lowest BCUT2D eigenvalue weighted by molar-refractivity contribution is 0.101. The molecule has 4 heteroatoms. The van der Waals surface area contributed by atoms with Gasteiger partial charge < -0.3 is 4.43 Å². The molecule has 104 valence electrons. The molecule has 0 saturated carbocycles. The summed E-state index contributed by atoms with van der Waals surface area (Å²) in [7, 11) is -1.60. The van der Waals surface area contributed by atoms with Crippen molar-refractivity contribution in [2.24, 2.45) is 0 Å². The third-order valence-electron chi connectivity index (χ3n) is 3.23. The highest BCUT2D eigenvalue weighted by Crippen LogP contribution is 2.33. The summed E-state index contributed by atoms with van der Waals surface area (Å²) in [5.74, 6) is 0. The van der Waals surface area contributed by atoms with Gasteiger partial charge in [0.1, 0.15) is 0 Å². The van der Waals surface area contributed by atoms with Crippen molar-refractivity contribution in [3.8, 4) is 0 Å². The predicted molar refractivity (Wildman–Crippen MR) is 82.9 cm³/mol. The zero-order chi connectivity index (χ0) is 14.3. The Balaban J connectivity index is 2.53. The Bertz CT molecular complexity index is 581. The molecule has 0 aliphatic carbocycles. The Morgan fingerprint density at radius 1 is 1.26 bits per heavy atom. The van der Waals surface area contributed by atoms with Crippen molar-refractivity contribution in [2.45, 2.75) is 52.4 Å². The van der Waals surface area contributed by atoms with Crippen LogP contribution in [0.15, 0.2) is 18.2 Å². The van der Waals surface area contributed by atoms with Crippen LogP contribution in [0.3, 0.4) is 0 Å². The highest BCUT2D eigenvalue weighted by molar-refractivity contribution is 6.69. The van der Waals surface area contributed by atoms with Gasteiger partial charge in [-0.25, -0.2) is 0 Å². The van der Waals surface area contributed by atoms with E-state index in [4.69, 9.17) is 4.43 Å². The van der Waals surface area contributed by atoms with Crippen LogP contribution in [-0.4, -0.2) is 18.5 Å². The highest BCUT2D eigenvalue weighted by Gasteiger charge is 2.31. The molecule has 1 N–H and O–H groups in total. The van der Waals surface area contributed by atoms with E-state index in [0.717, 1.165) is 11.9 Å². The van der Waals surface area contributed by atoms with Gasteiger partial charge in [0.15, 0.2) is 8.32 Å². The van der Waals surface area contributed by atoms with Crippen LogP contribution in [0, 0.1) is 0 Å². The summed E-state index contributed by atoms with van der Waals surface area (Å²) < 4.78 is 6.35. The van der Waals surface area contributed by atoms with Crippen molar-refractivity contribution in [3.63, 3.8) is 0 Å². The van der Waals surface area contributed by atoms with Crippen molar-refractivity contribution >= 4 is 19.2 Å². The SMILES string of the molecule is CCc1[nH]nc2c(C(C)(C)O[Si](C)(C)C)cccc12. The molecule has 0 aliphatic rings. The molecule has 0 aliphatic heterocycles. The molecule has 19 heavy (non-hydrogen) atoms. The molecule has 2 aromatic rings. The number of aromatic amines is 1. The highest BCUT2D eigenvalue weighted by atomic mass is 28.4. The van der Waals surface area contributed by atoms with Crippen LogP contribution in [0.4, 0.5) is 0 Å². The molecule has 0 bridgehead atoms. The van der Waals surface area contributed by atoms with Crippen molar-refractivity contribution in [1.82, 2.24) is 10.2 Å². The summed E-state index contributed by atoms with van der Waals surface area (Å²) in [6, 6.07) is 6.36. The zero-order valence-electron chi connectivity index (χ0n) is 12.8. The van der Waals surface area contributed by atoms with E-state index in [1.54, 1.807) is 0 Å². The zero-order valence-corrected chi connectivity index (χ0v) is 13.8. The van der Waals surface area contributed by atoms with Gasteiger partial charge in [-0.2, -0.15) is 5.10 Å². The maximum Gasteiger partial charge on any atom is 0.184 e. The molecule has 0 amide bonds. The number of benzene rings is 1. The second-order valence-electron chi connectivity index (χ2n) is 6.48. The van der Waals surface area contributed by atoms with Crippen LogP contribution in [0.1, 0.15) is 32.0 Å². The summed E-state index contributed by atoms with van der Waals surface area (Å²) in [6.07, 6.45) is 0.968. The standard InChI is InChI=1S/C15H24N2OSi/c1-7-13-11-9-8-10-12(14(11)17-16-13)15(2,3)18-19(4,5)6/h8-10H,7H2,1-6H3,(H,16,17). The van der Waals surface area contributed by atoms with Gasteiger partial charge in [-0.05, 0) is 39.9 Å². The summed E-state index contributed by atoms with van der Waals surface area (Å²) >= 11 is 0. The smallest absolute Gasteiger partial charge is 0.184 e. The quantitative estimate of drug-likeness (QED) is 0.849. The lowest BCUT2D eigenvalue weighted by Gasteiger charge is -2.33. The largest absolute Gasteiger partial charge is 0.409 e. The molecule has 0 unspecified atom stereocenters. The number of nitrogens with zero attached hydrogens (tertiary/aromatic N) is 1. The molecule has 1 aromatic heterocycles. The van der Waals surface area contributed by atoms with E-state index in [2.05, 4.69) is 68.8 Å². The van der Waals surface area contributed by atoms with E-state index < -0.39 is 8.32 Å². The third-order valence-corrected chi connectivity index (χ3v) is 4.35. The fourth-order valence-electron chi connectivity index (χ4n) is 2.67. The number of hydrogen-bond donors (Lipinski definition) is 1. The first-order valence-corrected chi connectivity index (χ1v) is 10.3. The van der Waals surface area contributed by atoms with Crippen LogP contribution in [0.5, 0.6) is 0 Å². The first kappa shape index (κ1) is 14.3. The van der Waals surface area contributed by atoms with E-state index in [-0.39, 0.29) is 5.60 Å². The molecule has 0 spiro atoms. The lowest BCUT2D eigenvalue weighted by Crippen LogP contribution is -2.36. The second-order valence-corrected chi connectivity index (χ2v) is 10.9. The van der Waals surface area contributed by atoms with Crippen molar-refractivity contribution in [1.29, 1.82) is 0 Å². The summed E-state index contributed by atoms with van der Waals surface area (Å²) in [5.41, 5.74) is 3.11. The molecule has 0 atom stereocenters. The van der Waals surface area contributed by atoms with E-state index in [0.29, 0.717) is 0 Å². The second kappa shape index (κ2) is 4.76. The Morgan fingerprint density at radius 2 is 1.95 bits per heavy atom. The number of fused-ring (bicyclic) bond motifs is 1. The number of aryl methyl sites for hydroxylation is 1. The molecule has 2 rings (SSSR count). The van der Waals surface area contributed by atoms with Gasteiger partial charge in [-0.1, -0.05) is 25.1 Å².